The summed E-state index contributed by atoms with van der Waals surface area (Å²) in [6.07, 6.45) is 2.82. The average molecular weight is 168 g/mol. The van der Waals surface area contributed by atoms with Crippen molar-refractivity contribution >= 4 is 16.6 Å². The summed E-state index contributed by atoms with van der Waals surface area (Å²) in [4.78, 5) is 4.12. The number of halogens is 1. The van der Waals surface area contributed by atoms with Gasteiger partial charge in [0.15, 0.2) is 0 Å². The van der Waals surface area contributed by atoms with E-state index in [0.717, 1.165) is 12.1 Å². The molecule has 1 aromatic heterocycles. The lowest BCUT2D eigenvalue weighted by Gasteiger charge is -1.97. The Labute approximate surface area is 71.7 Å². The minimum absolute atomic E-state index is 0.493. The maximum Gasteiger partial charge on any atom is 0.0809 e. The SMILES string of the molecule is C=C(Cl)c1ccc(CC)cn1. The molecule has 1 rings (SSSR count). The number of pyridine rings is 1. The van der Waals surface area contributed by atoms with Gasteiger partial charge in [0.2, 0.25) is 0 Å². The number of hydrogen-bond acceptors (Lipinski definition) is 1. The molecule has 0 aliphatic heterocycles. The van der Waals surface area contributed by atoms with E-state index in [9.17, 15) is 0 Å². The van der Waals surface area contributed by atoms with Gasteiger partial charge in [0, 0.05) is 6.20 Å². The van der Waals surface area contributed by atoms with Crippen LogP contribution in [0.5, 0.6) is 0 Å². The second-order valence-electron chi connectivity index (χ2n) is 2.31. The first kappa shape index (κ1) is 8.28. The van der Waals surface area contributed by atoms with Gasteiger partial charge in [0.1, 0.15) is 0 Å². The summed E-state index contributed by atoms with van der Waals surface area (Å²) in [5, 5.41) is 0.493. The Hall–Kier alpha value is -0.820. The van der Waals surface area contributed by atoms with Crippen LogP contribution < -0.4 is 0 Å². The van der Waals surface area contributed by atoms with E-state index in [-0.39, 0.29) is 0 Å². The highest BCUT2D eigenvalue weighted by atomic mass is 35.5. The highest BCUT2D eigenvalue weighted by Gasteiger charge is 1.95. The smallest absolute Gasteiger partial charge is 0.0809 e. The summed E-state index contributed by atoms with van der Waals surface area (Å²) in [5.74, 6) is 0. The lowest BCUT2D eigenvalue weighted by molar-refractivity contribution is 1.10. The van der Waals surface area contributed by atoms with Crippen LogP contribution in [-0.4, -0.2) is 4.98 Å². The van der Waals surface area contributed by atoms with Gasteiger partial charge >= 0.3 is 0 Å². The molecule has 0 amide bonds. The molecule has 0 aliphatic rings. The molecule has 0 N–H and O–H groups in total. The molecule has 0 radical (unpaired) electrons. The highest BCUT2D eigenvalue weighted by Crippen LogP contribution is 2.13. The van der Waals surface area contributed by atoms with E-state index < -0.39 is 0 Å². The molecular weight excluding hydrogens is 158 g/mol. The lowest BCUT2D eigenvalue weighted by Crippen LogP contribution is -1.85. The maximum atomic E-state index is 5.64. The summed E-state index contributed by atoms with van der Waals surface area (Å²) < 4.78 is 0. The molecule has 0 aromatic carbocycles. The van der Waals surface area contributed by atoms with Crippen LogP contribution in [0.15, 0.2) is 24.9 Å². The van der Waals surface area contributed by atoms with Crippen molar-refractivity contribution in [2.24, 2.45) is 0 Å². The van der Waals surface area contributed by atoms with Crippen molar-refractivity contribution in [1.82, 2.24) is 4.98 Å². The van der Waals surface area contributed by atoms with Gasteiger partial charge in [-0.25, -0.2) is 0 Å². The standard InChI is InChI=1S/C9H10ClN/c1-3-8-4-5-9(7(2)10)11-6-8/h4-6H,2-3H2,1H3. The Morgan fingerprint density at radius 3 is 2.73 bits per heavy atom. The van der Waals surface area contributed by atoms with Crippen LogP contribution >= 0.6 is 11.6 Å². The Kier molecular flexibility index (Phi) is 2.66. The Morgan fingerprint density at radius 1 is 1.64 bits per heavy atom. The van der Waals surface area contributed by atoms with Crippen LogP contribution in [0.1, 0.15) is 18.2 Å². The summed E-state index contributed by atoms with van der Waals surface area (Å²) >= 11 is 5.64. The predicted molar refractivity (Wildman–Crippen MR) is 48.5 cm³/mol. The van der Waals surface area contributed by atoms with Crippen LogP contribution in [0.25, 0.3) is 5.03 Å². The Bertz CT molecular complexity index is 251. The van der Waals surface area contributed by atoms with E-state index in [1.54, 1.807) is 0 Å². The van der Waals surface area contributed by atoms with Crippen molar-refractivity contribution in [3.8, 4) is 0 Å². The third-order valence-electron chi connectivity index (χ3n) is 1.51. The van der Waals surface area contributed by atoms with E-state index in [4.69, 9.17) is 11.6 Å². The van der Waals surface area contributed by atoms with Gasteiger partial charge in [-0.1, -0.05) is 31.2 Å². The predicted octanol–water partition coefficient (Wildman–Crippen LogP) is 2.85. The second-order valence-corrected chi connectivity index (χ2v) is 2.77. The van der Waals surface area contributed by atoms with E-state index in [2.05, 4.69) is 18.5 Å². The quantitative estimate of drug-likeness (QED) is 0.660. The molecule has 11 heavy (non-hydrogen) atoms. The summed E-state index contributed by atoms with van der Waals surface area (Å²) in [5.41, 5.74) is 1.97. The molecule has 0 spiro atoms. The zero-order chi connectivity index (χ0) is 8.27. The van der Waals surface area contributed by atoms with E-state index in [0.29, 0.717) is 5.03 Å². The molecule has 0 fully saturated rings. The van der Waals surface area contributed by atoms with Crippen LogP contribution in [0.4, 0.5) is 0 Å². The van der Waals surface area contributed by atoms with Gasteiger partial charge in [-0.2, -0.15) is 0 Å². The minimum atomic E-state index is 0.493. The molecule has 58 valence electrons. The Balaban J connectivity index is 2.91. The van der Waals surface area contributed by atoms with Crippen molar-refractivity contribution in [3.63, 3.8) is 0 Å². The molecule has 1 heterocycles. The molecule has 0 saturated carbocycles. The van der Waals surface area contributed by atoms with Gasteiger partial charge in [0.25, 0.3) is 0 Å². The van der Waals surface area contributed by atoms with Gasteiger partial charge in [-0.05, 0) is 18.1 Å². The zero-order valence-electron chi connectivity index (χ0n) is 6.47. The molecule has 1 nitrogen and oxygen atoms in total. The molecular formula is C9H10ClN. The van der Waals surface area contributed by atoms with Crippen molar-refractivity contribution in [2.45, 2.75) is 13.3 Å². The summed E-state index contributed by atoms with van der Waals surface area (Å²) in [7, 11) is 0. The van der Waals surface area contributed by atoms with Crippen molar-refractivity contribution in [3.05, 3.63) is 36.2 Å². The molecule has 0 aliphatic carbocycles. The van der Waals surface area contributed by atoms with Crippen molar-refractivity contribution in [2.75, 3.05) is 0 Å². The fourth-order valence-electron chi connectivity index (χ4n) is 0.794. The number of nitrogens with zero attached hydrogens (tertiary/aromatic N) is 1. The first-order valence-electron chi connectivity index (χ1n) is 3.53. The van der Waals surface area contributed by atoms with Gasteiger partial charge in [-0.3, -0.25) is 4.98 Å². The third-order valence-corrected chi connectivity index (χ3v) is 1.70. The third kappa shape index (κ3) is 2.05. The maximum absolute atomic E-state index is 5.64. The fraction of sp³-hybridized carbons (Fsp3) is 0.222. The van der Waals surface area contributed by atoms with Crippen molar-refractivity contribution < 1.29 is 0 Å². The number of hydrogen-bond donors (Lipinski definition) is 0. The van der Waals surface area contributed by atoms with E-state index in [1.165, 1.54) is 5.56 Å². The molecule has 1 aromatic rings. The number of rotatable bonds is 2. The lowest BCUT2D eigenvalue weighted by atomic mass is 10.2. The largest absolute Gasteiger partial charge is 0.255 e. The minimum Gasteiger partial charge on any atom is -0.255 e. The van der Waals surface area contributed by atoms with Crippen LogP contribution in [0.3, 0.4) is 0 Å². The normalized spacial score (nSPS) is 9.64. The van der Waals surface area contributed by atoms with Crippen LogP contribution in [-0.2, 0) is 6.42 Å². The first-order chi connectivity index (χ1) is 5.24. The second kappa shape index (κ2) is 3.54. The number of aromatic nitrogens is 1. The highest BCUT2D eigenvalue weighted by molar-refractivity contribution is 6.47. The summed E-state index contributed by atoms with van der Waals surface area (Å²) in [6, 6.07) is 3.89. The van der Waals surface area contributed by atoms with Gasteiger partial charge in [-0.15, -0.1) is 0 Å². The summed E-state index contributed by atoms with van der Waals surface area (Å²) in [6.45, 7) is 5.67. The molecule has 0 unspecified atom stereocenters. The molecule has 0 bridgehead atoms. The first-order valence-corrected chi connectivity index (χ1v) is 3.91. The van der Waals surface area contributed by atoms with Gasteiger partial charge < -0.3 is 0 Å². The zero-order valence-corrected chi connectivity index (χ0v) is 7.23. The topological polar surface area (TPSA) is 12.9 Å². The average Bonchev–Trinajstić information content (AvgIpc) is 2.05. The van der Waals surface area contributed by atoms with E-state index in [1.807, 2.05) is 18.3 Å². The monoisotopic (exact) mass is 167 g/mol. The molecule has 0 saturated heterocycles. The van der Waals surface area contributed by atoms with Crippen LogP contribution in [0.2, 0.25) is 0 Å². The number of aryl methyl sites for hydroxylation is 1. The van der Waals surface area contributed by atoms with E-state index >= 15 is 0 Å². The van der Waals surface area contributed by atoms with Gasteiger partial charge in [0.05, 0.1) is 10.7 Å². The fourth-order valence-corrected chi connectivity index (χ4v) is 0.906. The van der Waals surface area contributed by atoms with Crippen molar-refractivity contribution in [1.29, 1.82) is 0 Å². The van der Waals surface area contributed by atoms with Crippen LogP contribution in [0, 0.1) is 0 Å². The molecule has 2 heteroatoms. The molecule has 0 atom stereocenters. The Morgan fingerprint density at radius 2 is 2.36 bits per heavy atom.